The molecular formula is C18H25N5O. The average Bonchev–Trinajstić information content (AvgIpc) is 2.62. The van der Waals surface area contributed by atoms with Crippen molar-refractivity contribution in [2.24, 2.45) is 0 Å². The first kappa shape index (κ1) is 16.4. The quantitative estimate of drug-likeness (QED) is 0.879. The van der Waals surface area contributed by atoms with Gasteiger partial charge in [-0.1, -0.05) is 18.2 Å². The van der Waals surface area contributed by atoms with Crippen LogP contribution in [0.4, 0.5) is 17.6 Å². The fourth-order valence-electron chi connectivity index (χ4n) is 3.37. The molecule has 2 aromatic rings. The highest BCUT2D eigenvalue weighted by atomic mass is 16.5. The number of nitrogen functional groups attached to an aromatic ring is 1. The standard InChI is InChI=1S/C18H25N5O/c1-20-16-12-17(22-18(19)21-16)23-10-6-5-8-14(23)11-13-7-3-4-9-15(13)24-2/h3-4,7,9,12,14H,5-6,8,10-11H2,1-2H3,(H3,19,20,21,22)/t14-/m0/s1. The number of benzene rings is 1. The van der Waals surface area contributed by atoms with Crippen LogP contribution in [0, 0.1) is 0 Å². The van der Waals surface area contributed by atoms with Gasteiger partial charge in [0.2, 0.25) is 5.95 Å². The third-order valence-electron chi connectivity index (χ3n) is 4.56. The van der Waals surface area contributed by atoms with E-state index in [0.717, 1.165) is 36.8 Å². The molecule has 2 heterocycles. The van der Waals surface area contributed by atoms with Crippen molar-refractivity contribution in [3.63, 3.8) is 0 Å². The topological polar surface area (TPSA) is 76.3 Å². The summed E-state index contributed by atoms with van der Waals surface area (Å²) in [5.41, 5.74) is 7.11. The van der Waals surface area contributed by atoms with Crippen LogP contribution in [0.3, 0.4) is 0 Å². The van der Waals surface area contributed by atoms with E-state index in [1.165, 1.54) is 18.4 Å². The molecule has 0 radical (unpaired) electrons. The van der Waals surface area contributed by atoms with Crippen LogP contribution in [0.5, 0.6) is 5.75 Å². The van der Waals surface area contributed by atoms with E-state index in [2.05, 4.69) is 32.3 Å². The molecule has 0 spiro atoms. The summed E-state index contributed by atoms with van der Waals surface area (Å²) in [5.74, 6) is 2.89. The van der Waals surface area contributed by atoms with Crippen molar-refractivity contribution in [1.82, 2.24) is 9.97 Å². The fraction of sp³-hybridized carbons (Fsp3) is 0.444. The zero-order valence-corrected chi connectivity index (χ0v) is 14.3. The molecule has 6 nitrogen and oxygen atoms in total. The van der Waals surface area contributed by atoms with Crippen molar-refractivity contribution in [1.29, 1.82) is 0 Å². The highest BCUT2D eigenvalue weighted by molar-refractivity contribution is 5.53. The van der Waals surface area contributed by atoms with Gasteiger partial charge in [0, 0.05) is 25.7 Å². The molecule has 1 aliphatic heterocycles. The van der Waals surface area contributed by atoms with Crippen molar-refractivity contribution in [2.45, 2.75) is 31.7 Å². The van der Waals surface area contributed by atoms with E-state index in [0.29, 0.717) is 12.0 Å². The lowest BCUT2D eigenvalue weighted by Crippen LogP contribution is -2.41. The summed E-state index contributed by atoms with van der Waals surface area (Å²) in [6, 6.07) is 10.6. The van der Waals surface area contributed by atoms with Gasteiger partial charge in [-0.15, -0.1) is 0 Å². The number of nitrogens with two attached hydrogens (primary N) is 1. The van der Waals surface area contributed by atoms with Crippen LogP contribution in [0.25, 0.3) is 0 Å². The van der Waals surface area contributed by atoms with Crippen LogP contribution < -0.4 is 20.7 Å². The van der Waals surface area contributed by atoms with Crippen LogP contribution in [0.1, 0.15) is 24.8 Å². The summed E-state index contributed by atoms with van der Waals surface area (Å²) in [6.07, 6.45) is 4.47. The maximum absolute atomic E-state index is 5.88. The zero-order chi connectivity index (χ0) is 16.9. The smallest absolute Gasteiger partial charge is 0.223 e. The van der Waals surface area contributed by atoms with Gasteiger partial charge in [0.15, 0.2) is 0 Å². The van der Waals surface area contributed by atoms with Gasteiger partial charge in [-0.2, -0.15) is 9.97 Å². The molecule has 24 heavy (non-hydrogen) atoms. The third kappa shape index (κ3) is 3.53. The Labute approximate surface area is 143 Å². The number of para-hydroxylation sites is 1. The number of anilines is 3. The summed E-state index contributed by atoms with van der Waals surface area (Å²) < 4.78 is 5.51. The van der Waals surface area contributed by atoms with Crippen molar-refractivity contribution in [3.8, 4) is 5.75 Å². The first-order chi connectivity index (χ1) is 11.7. The number of hydrogen-bond donors (Lipinski definition) is 2. The van der Waals surface area contributed by atoms with E-state index < -0.39 is 0 Å². The lowest BCUT2D eigenvalue weighted by Gasteiger charge is -2.37. The van der Waals surface area contributed by atoms with E-state index in [-0.39, 0.29) is 0 Å². The third-order valence-corrected chi connectivity index (χ3v) is 4.56. The first-order valence-electron chi connectivity index (χ1n) is 8.42. The lowest BCUT2D eigenvalue weighted by molar-refractivity contribution is 0.400. The predicted molar refractivity (Wildman–Crippen MR) is 97.7 cm³/mol. The number of rotatable bonds is 5. The van der Waals surface area contributed by atoms with Crippen molar-refractivity contribution in [2.75, 3.05) is 36.7 Å². The number of methoxy groups -OCH3 is 1. The van der Waals surface area contributed by atoms with Gasteiger partial charge in [0.05, 0.1) is 7.11 Å². The molecule has 1 aromatic carbocycles. The molecule has 128 valence electrons. The molecule has 1 saturated heterocycles. The van der Waals surface area contributed by atoms with Crippen LogP contribution in [-0.2, 0) is 6.42 Å². The van der Waals surface area contributed by atoms with E-state index in [9.17, 15) is 0 Å². The molecule has 1 aromatic heterocycles. The largest absolute Gasteiger partial charge is 0.496 e. The van der Waals surface area contributed by atoms with Gasteiger partial charge >= 0.3 is 0 Å². The number of nitrogens with one attached hydrogen (secondary N) is 1. The molecule has 1 aliphatic rings. The number of piperidine rings is 1. The molecular weight excluding hydrogens is 302 g/mol. The molecule has 0 bridgehead atoms. The van der Waals surface area contributed by atoms with Gasteiger partial charge < -0.3 is 20.7 Å². The van der Waals surface area contributed by atoms with Crippen molar-refractivity contribution in [3.05, 3.63) is 35.9 Å². The second-order valence-electron chi connectivity index (χ2n) is 6.08. The van der Waals surface area contributed by atoms with Gasteiger partial charge in [-0.3, -0.25) is 0 Å². The Balaban J connectivity index is 1.87. The first-order valence-corrected chi connectivity index (χ1v) is 8.42. The summed E-state index contributed by atoms with van der Waals surface area (Å²) in [7, 11) is 3.57. The number of ether oxygens (including phenoxy) is 1. The van der Waals surface area contributed by atoms with E-state index in [1.54, 1.807) is 7.11 Å². The second kappa shape index (κ2) is 7.38. The van der Waals surface area contributed by atoms with E-state index >= 15 is 0 Å². The highest BCUT2D eigenvalue weighted by Gasteiger charge is 2.25. The van der Waals surface area contributed by atoms with Crippen LogP contribution in [-0.4, -0.2) is 36.7 Å². The van der Waals surface area contributed by atoms with Crippen molar-refractivity contribution >= 4 is 17.6 Å². The highest BCUT2D eigenvalue weighted by Crippen LogP contribution is 2.29. The molecule has 0 unspecified atom stereocenters. The monoisotopic (exact) mass is 327 g/mol. The fourth-order valence-corrected chi connectivity index (χ4v) is 3.37. The normalized spacial score (nSPS) is 17.6. The molecule has 6 heteroatoms. The minimum absolute atomic E-state index is 0.304. The van der Waals surface area contributed by atoms with Gasteiger partial charge in [-0.05, 0) is 37.3 Å². The van der Waals surface area contributed by atoms with Crippen LogP contribution >= 0.6 is 0 Å². The minimum Gasteiger partial charge on any atom is -0.496 e. The van der Waals surface area contributed by atoms with Crippen LogP contribution in [0.2, 0.25) is 0 Å². The maximum atomic E-state index is 5.88. The minimum atomic E-state index is 0.304. The Morgan fingerprint density at radius 3 is 2.92 bits per heavy atom. The Morgan fingerprint density at radius 2 is 2.12 bits per heavy atom. The lowest BCUT2D eigenvalue weighted by atomic mass is 9.95. The van der Waals surface area contributed by atoms with E-state index in [4.69, 9.17) is 10.5 Å². The molecule has 3 rings (SSSR count). The Bertz CT molecular complexity index is 691. The van der Waals surface area contributed by atoms with E-state index in [1.807, 2.05) is 25.2 Å². The van der Waals surface area contributed by atoms with Gasteiger partial charge in [0.25, 0.3) is 0 Å². The number of nitrogens with zero attached hydrogens (tertiary/aromatic N) is 3. The van der Waals surface area contributed by atoms with Gasteiger partial charge in [0.1, 0.15) is 17.4 Å². The zero-order valence-electron chi connectivity index (χ0n) is 14.3. The molecule has 3 N–H and O–H groups in total. The Morgan fingerprint density at radius 1 is 1.29 bits per heavy atom. The molecule has 1 fully saturated rings. The predicted octanol–water partition coefficient (Wildman–Crippen LogP) is 2.71. The average molecular weight is 327 g/mol. The summed E-state index contributed by atoms with van der Waals surface area (Å²) >= 11 is 0. The summed E-state index contributed by atoms with van der Waals surface area (Å²) in [5, 5.41) is 3.05. The SMILES string of the molecule is CNc1cc(N2CCCC[C@H]2Cc2ccccc2OC)nc(N)n1. The van der Waals surface area contributed by atoms with Gasteiger partial charge in [-0.25, -0.2) is 0 Å². The number of hydrogen-bond acceptors (Lipinski definition) is 6. The molecule has 0 amide bonds. The summed E-state index contributed by atoms with van der Waals surface area (Å²) in [6.45, 7) is 0.986. The Kier molecular flexibility index (Phi) is 5.03. The second-order valence-corrected chi connectivity index (χ2v) is 6.08. The molecule has 0 aliphatic carbocycles. The maximum Gasteiger partial charge on any atom is 0.223 e. The molecule has 0 saturated carbocycles. The van der Waals surface area contributed by atoms with Crippen molar-refractivity contribution < 1.29 is 4.74 Å². The number of aromatic nitrogens is 2. The molecule has 1 atom stereocenters. The summed E-state index contributed by atoms with van der Waals surface area (Å²) in [4.78, 5) is 11.0. The van der Waals surface area contributed by atoms with Crippen LogP contribution in [0.15, 0.2) is 30.3 Å². The Hall–Kier alpha value is -2.50.